The molecule has 1 saturated heterocycles. The maximum atomic E-state index is 12.5. The van der Waals surface area contributed by atoms with E-state index in [4.69, 9.17) is 0 Å². The summed E-state index contributed by atoms with van der Waals surface area (Å²) in [7, 11) is -3.33. The minimum Gasteiger partial charge on any atom is -0.393 e. The molecule has 3 rings (SSSR count). The lowest BCUT2D eigenvalue weighted by molar-refractivity contribution is 0.0763. The second kappa shape index (κ2) is 7.20. The first-order valence-electron chi connectivity index (χ1n) is 8.59. The third kappa shape index (κ3) is 3.87. The van der Waals surface area contributed by atoms with Crippen LogP contribution in [0.1, 0.15) is 38.5 Å². The van der Waals surface area contributed by atoms with Gasteiger partial charge in [0.1, 0.15) is 0 Å². The lowest BCUT2D eigenvalue weighted by Gasteiger charge is -2.28. The number of hydrogen-bond donors (Lipinski definition) is 2. The Hall–Kier alpha value is -1.11. The van der Waals surface area contributed by atoms with Gasteiger partial charge >= 0.3 is 0 Å². The fourth-order valence-corrected chi connectivity index (χ4v) is 5.01. The Bertz CT molecular complexity index is 609. The Morgan fingerprint density at radius 3 is 2.35 bits per heavy atom. The van der Waals surface area contributed by atoms with Crippen LogP contribution in [0.5, 0.6) is 0 Å². The van der Waals surface area contributed by atoms with Crippen molar-refractivity contribution in [3.05, 3.63) is 24.3 Å². The molecule has 23 heavy (non-hydrogen) atoms. The number of aliphatic hydroxyl groups is 1. The Labute approximate surface area is 138 Å². The molecule has 0 spiro atoms. The zero-order valence-corrected chi connectivity index (χ0v) is 14.3. The molecule has 1 aliphatic heterocycles. The van der Waals surface area contributed by atoms with Crippen molar-refractivity contribution >= 4 is 15.7 Å². The molecule has 1 aromatic carbocycles. The normalized spacial score (nSPS) is 26.3. The third-order valence-electron chi connectivity index (χ3n) is 4.99. The molecule has 2 aliphatic rings. The van der Waals surface area contributed by atoms with E-state index in [0.29, 0.717) is 18.0 Å². The highest BCUT2D eigenvalue weighted by atomic mass is 32.2. The summed E-state index contributed by atoms with van der Waals surface area (Å²) in [5.74, 6) is 0.289. The monoisotopic (exact) mass is 338 g/mol. The van der Waals surface area contributed by atoms with Crippen LogP contribution >= 0.6 is 0 Å². The predicted molar refractivity (Wildman–Crippen MR) is 90.9 cm³/mol. The van der Waals surface area contributed by atoms with E-state index in [1.165, 1.54) is 6.42 Å². The highest BCUT2D eigenvalue weighted by molar-refractivity contribution is 7.89. The zero-order chi connectivity index (χ0) is 16.3. The summed E-state index contributed by atoms with van der Waals surface area (Å²) in [6.45, 7) is 1.99. The highest BCUT2D eigenvalue weighted by Crippen LogP contribution is 2.26. The van der Waals surface area contributed by atoms with E-state index in [1.807, 2.05) is 12.1 Å². The first-order chi connectivity index (χ1) is 11.1. The molecule has 1 aromatic rings. The quantitative estimate of drug-likeness (QED) is 0.865. The summed E-state index contributed by atoms with van der Waals surface area (Å²) >= 11 is 0. The number of rotatable bonds is 5. The van der Waals surface area contributed by atoms with Crippen LogP contribution in [-0.4, -0.2) is 43.6 Å². The van der Waals surface area contributed by atoms with Crippen molar-refractivity contribution in [3.8, 4) is 0 Å². The fraction of sp³-hybridized carbons (Fsp3) is 0.647. The molecule has 2 fully saturated rings. The van der Waals surface area contributed by atoms with Crippen molar-refractivity contribution in [2.45, 2.75) is 49.5 Å². The van der Waals surface area contributed by atoms with Gasteiger partial charge in [0.2, 0.25) is 10.0 Å². The minimum absolute atomic E-state index is 0.217. The molecule has 0 bridgehead atoms. The van der Waals surface area contributed by atoms with Crippen molar-refractivity contribution in [3.63, 3.8) is 0 Å². The van der Waals surface area contributed by atoms with Gasteiger partial charge in [0, 0.05) is 31.2 Å². The van der Waals surface area contributed by atoms with E-state index < -0.39 is 10.0 Å². The molecule has 1 heterocycles. The number of anilines is 1. The first-order valence-corrected chi connectivity index (χ1v) is 10.0. The van der Waals surface area contributed by atoms with E-state index >= 15 is 0 Å². The summed E-state index contributed by atoms with van der Waals surface area (Å²) in [4.78, 5) is 0.364. The molecular weight excluding hydrogens is 312 g/mol. The van der Waals surface area contributed by atoms with Gasteiger partial charge in [0.25, 0.3) is 0 Å². The van der Waals surface area contributed by atoms with Gasteiger partial charge in [-0.3, -0.25) is 0 Å². The number of sulfonamides is 1. The fourth-order valence-electron chi connectivity index (χ4n) is 3.50. The Kier molecular flexibility index (Phi) is 5.24. The molecule has 0 aromatic heterocycles. The molecule has 2 N–H and O–H groups in total. The van der Waals surface area contributed by atoms with Crippen LogP contribution < -0.4 is 5.32 Å². The maximum absolute atomic E-state index is 12.5. The van der Waals surface area contributed by atoms with Gasteiger partial charge in [-0.05, 0) is 49.9 Å². The summed E-state index contributed by atoms with van der Waals surface area (Å²) in [6.07, 6.45) is 5.91. The van der Waals surface area contributed by atoms with Crippen LogP contribution in [0.4, 0.5) is 5.69 Å². The van der Waals surface area contributed by atoms with Crippen LogP contribution in [0.3, 0.4) is 0 Å². The number of aliphatic hydroxyl groups excluding tert-OH is 1. The zero-order valence-electron chi connectivity index (χ0n) is 13.4. The van der Waals surface area contributed by atoms with Crippen molar-refractivity contribution in [1.29, 1.82) is 0 Å². The smallest absolute Gasteiger partial charge is 0.243 e. The maximum Gasteiger partial charge on any atom is 0.243 e. The SMILES string of the molecule is O=S(=O)(c1ccc(NC[C@H]2CCCC[C@@H]2O)cc1)N1CCCC1. The largest absolute Gasteiger partial charge is 0.393 e. The summed E-state index contributed by atoms with van der Waals surface area (Å²) in [5.41, 5.74) is 0.906. The Morgan fingerprint density at radius 2 is 1.70 bits per heavy atom. The summed E-state index contributed by atoms with van der Waals surface area (Å²) < 4.78 is 26.5. The van der Waals surface area contributed by atoms with Crippen LogP contribution in [0.25, 0.3) is 0 Å². The van der Waals surface area contributed by atoms with Crippen molar-refractivity contribution in [2.75, 3.05) is 25.0 Å². The molecule has 2 atom stereocenters. The van der Waals surface area contributed by atoms with Crippen molar-refractivity contribution < 1.29 is 13.5 Å². The number of benzene rings is 1. The number of hydrogen-bond acceptors (Lipinski definition) is 4. The average molecular weight is 338 g/mol. The molecule has 128 valence electrons. The van der Waals surface area contributed by atoms with Gasteiger partial charge in [0.05, 0.1) is 11.0 Å². The second-order valence-electron chi connectivity index (χ2n) is 6.63. The molecule has 5 nitrogen and oxygen atoms in total. The van der Waals surface area contributed by atoms with Crippen LogP contribution in [0.2, 0.25) is 0 Å². The van der Waals surface area contributed by atoms with Crippen LogP contribution in [0.15, 0.2) is 29.2 Å². The summed E-state index contributed by atoms with van der Waals surface area (Å²) in [6, 6.07) is 6.98. The van der Waals surface area contributed by atoms with E-state index in [1.54, 1.807) is 16.4 Å². The van der Waals surface area contributed by atoms with Crippen molar-refractivity contribution in [2.24, 2.45) is 5.92 Å². The third-order valence-corrected chi connectivity index (χ3v) is 6.91. The van der Waals surface area contributed by atoms with E-state index in [9.17, 15) is 13.5 Å². The molecule has 6 heteroatoms. The van der Waals surface area contributed by atoms with Gasteiger partial charge < -0.3 is 10.4 Å². The van der Waals surface area contributed by atoms with E-state index in [-0.39, 0.29) is 12.0 Å². The molecule has 0 unspecified atom stereocenters. The van der Waals surface area contributed by atoms with Gasteiger partial charge in [-0.25, -0.2) is 8.42 Å². The molecule has 0 amide bonds. The number of nitrogens with one attached hydrogen (secondary N) is 1. The lowest BCUT2D eigenvalue weighted by atomic mass is 9.86. The van der Waals surface area contributed by atoms with Crippen LogP contribution in [-0.2, 0) is 10.0 Å². The Balaban J connectivity index is 1.60. The number of nitrogens with zero attached hydrogens (tertiary/aromatic N) is 1. The van der Waals surface area contributed by atoms with Gasteiger partial charge in [-0.15, -0.1) is 0 Å². The standard InChI is InChI=1S/C17H26N2O3S/c20-17-6-2-1-5-14(17)13-18-15-7-9-16(10-8-15)23(21,22)19-11-3-4-12-19/h7-10,14,17-18,20H,1-6,11-13H2/t14-,17+/m1/s1. The van der Waals surface area contributed by atoms with E-state index in [0.717, 1.165) is 44.3 Å². The van der Waals surface area contributed by atoms with E-state index in [2.05, 4.69) is 5.32 Å². The molecule has 1 aliphatic carbocycles. The first kappa shape index (κ1) is 16.7. The lowest BCUT2D eigenvalue weighted by Crippen LogP contribution is -2.30. The van der Waals surface area contributed by atoms with Gasteiger partial charge in [-0.2, -0.15) is 4.31 Å². The highest BCUT2D eigenvalue weighted by Gasteiger charge is 2.27. The van der Waals surface area contributed by atoms with Gasteiger partial charge in [-0.1, -0.05) is 12.8 Å². The molecule has 1 saturated carbocycles. The average Bonchev–Trinajstić information content (AvgIpc) is 3.10. The predicted octanol–water partition coefficient (Wildman–Crippen LogP) is 2.43. The summed E-state index contributed by atoms with van der Waals surface area (Å²) in [5, 5.41) is 13.3. The van der Waals surface area contributed by atoms with Gasteiger partial charge in [0.15, 0.2) is 0 Å². The topological polar surface area (TPSA) is 69.6 Å². The van der Waals surface area contributed by atoms with Crippen LogP contribution in [0, 0.1) is 5.92 Å². The van der Waals surface area contributed by atoms with Crippen molar-refractivity contribution in [1.82, 2.24) is 4.31 Å². The Morgan fingerprint density at radius 1 is 1.04 bits per heavy atom. The molecule has 0 radical (unpaired) electrons. The minimum atomic E-state index is -3.33. The molecular formula is C17H26N2O3S. The second-order valence-corrected chi connectivity index (χ2v) is 8.57.